The number of likely N-dealkylation sites (N-methyl/N-ethyl adjacent to an activating group) is 2. The maximum absolute atomic E-state index is 11.5. The number of pyridine rings is 1. The molecule has 7 heteroatoms. The van der Waals surface area contributed by atoms with Crippen LogP contribution in [-0.2, 0) is 4.74 Å². The molecule has 3 N–H and O–H groups in total. The molecule has 0 aromatic carbocycles. The van der Waals surface area contributed by atoms with E-state index in [2.05, 4.69) is 38.9 Å². The number of methoxy groups -OCH3 is 1. The van der Waals surface area contributed by atoms with E-state index in [9.17, 15) is 4.79 Å². The van der Waals surface area contributed by atoms with Gasteiger partial charge in [0.25, 0.3) is 0 Å². The largest absolute Gasteiger partial charge is 0.464 e. The zero-order valence-corrected chi connectivity index (χ0v) is 12.8. The Morgan fingerprint density at radius 3 is 2.95 bits per heavy atom. The summed E-state index contributed by atoms with van der Waals surface area (Å²) in [5.41, 5.74) is 6.68. The first kappa shape index (κ1) is 15.5. The van der Waals surface area contributed by atoms with Gasteiger partial charge in [-0.05, 0) is 26.2 Å². The molecule has 21 heavy (non-hydrogen) atoms. The first-order valence-electron chi connectivity index (χ1n) is 6.98. The van der Waals surface area contributed by atoms with Gasteiger partial charge in [-0.25, -0.2) is 9.78 Å². The van der Waals surface area contributed by atoms with Crippen molar-refractivity contribution >= 4 is 17.5 Å². The normalized spacial score (nSPS) is 20.2. The number of hydrogen-bond donors (Lipinski definition) is 2. The van der Waals surface area contributed by atoms with E-state index in [1.165, 1.54) is 7.11 Å². The minimum absolute atomic E-state index is 0.253. The van der Waals surface area contributed by atoms with Crippen LogP contribution in [0.5, 0.6) is 0 Å². The number of hydrogen-bond acceptors (Lipinski definition) is 7. The monoisotopic (exact) mass is 293 g/mol. The summed E-state index contributed by atoms with van der Waals surface area (Å²) in [4.78, 5) is 20.4. The summed E-state index contributed by atoms with van der Waals surface area (Å²) in [6.45, 7) is 3.82. The number of nitrogens with zero attached hydrogens (tertiary/aromatic N) is 3. The molecule has 0 saturated carbocycles. The van der Waals surface area contributed by atoms with E-state index >= 15 is 0 Å². The molecule has 116 valence electrons. The number of rotatable bonds is 4. The van der Waals surface area contributed by atoms with Crippen LogP contribution in [0.4, 0.5) is 11.5 Å². The lowest BCUT2D eigenvalue weighted by Crippen LogP contribution is -2.52. The van der Waals surface area contributed by atoms with Gasteiger partial charge in [0.1, 0.15) is 5.82 Å². The van der Waals surface area contributed by atoms with E-state index in [-0.39, 0.29) is 5.69 Å². The zero-order chi connectivity index (χ0) is 15.4. The van der Waals surface area contributed by atoms with E-state index in [4.69, 9.17) is 5.73 Å². The van der Waals surface area contributed by atoms with E-state index < -0.39 is 5.97 Å². The Morgan fingerprint density at radius 2 is 2.24 bits per heavy atom. The molecule has 1 atom stereocenters. The highest BCUT2D eigenvalue weighted by molar-refractivity contribution is 5.88. The number of anilines is 2. The maximum atomic E-state index is 11.5. The van der Waals surface area contributed by atoms with E-state index in [1.54, 1.807) is 12.1 Å². The Bertz CT molecular complexity index is 508. The molecule has 0 radical (unpaired) electrons. The number of esters is 1. The molecule has 1 aliphatic heterocycles. The van der Waals surface area contributed by atoms with Crippen molar-refractivity contribution in [2.45, 2.75) is 6.04 Å². The van der Waals surface area contributed by atoms with E-state index in [1.807, 2.05) is 0 Å². The van der Waals surface area contributed by atoms with Gasteiger partial charge in [0, 0.05) is 32.2 Å². The number of nitrogens with two attached hydrogens (primary N) is 1. The first-order chi connectivity index (χ1) is 10.0. The van der Waals surface area contributed by atoms with Gasteiger partial charge in [-0.3, -0.25) is 4.90 Å². The highest BCUT2D eigenvalue weighted by Crippen LogP contribution is 2.17. The summed E-state index contributed by atoms with van der Waals surface area (Å²) < 4.78 is 4.67. The van der Waals surface area contributed by atoms with Crippen molar-refractivity contribution in [2.75, 3.05) is 58.4 Å². The highest BCUT2D eigenvalue weighted by Gasteiger charge is 2.22. The fourth-order valence-electron chi connectivity index (χ4n) is 2.37. The van der Waals surface area contributed by atoms with Crippen LogP contribution in [0.25, 0.3) is 0 Å². The first-order valence-corrected chi connectivity index (χ1v) is 6.98. The summed E-state index contributed by atoms with van der Waals surface area (Å²) in [5, 5.41) is 3.24. The maximum Gasteiger partial charge on any atom is 0.356 e. The SMILES string of the molecule is COC(=O)c1ccc(N)c(NCC2CN(C)CCN2C)n1. The average Bonchev–Trinajstić information content (AvgIpc) is 2.48. The number of nitrogen functional groups attached to an aromatic ring is 1. The van der Waals surface area contributed by atoms with Crippen LogP contribution in [0.15, 0.2) is 12.1 Å². The summed E-state index contributed by atoms with van der Waals surface area (Å²) in [6, 6.07) is 3.61. The van der Waals surface area contributed by atoms with Gasteiger partial charge in [0.05, 0.1) is 12.8 Å². The molecule has 7 nitrogen and oxygen atoms in total. The third kappa shape index (κ3) is 3.83. The number of piperazine rings is 1. The Balaban J connectivity index is 2.03. The number of aromatic nitrogens is 1. The van der Waals surface area contributed by atoms with Crippen LogP contribution in [-0.4, -0.2) is 74.2 Å². The Labute approximate surface area is 125 Å². The van der Waals surface area contributed by atoms with Crippen molar-refractivity contribution in [1.82, 2.24) is 14.8 Å². The smallest absolute Gasteiger partial charge is 0.356 e. The Morgan fingerprint density at radius 1 is 1.48 bits per heavy atom. The van der Waals surface area contributed by atoms with Gasteiger partial charge in [-0.2, -0.15) is 0 Å². The fraction of sp³-hybridized carbons (Fsp3) is 0.571. The minimum Gasteiger partial charge on any atom is -0.464 e. The lowest BCUT2D eigenvalue weighted by atomic mass is 10.2. The molecule has 1 aromatic heterocycles. The van der Waals surface area contributed by atoms with Gasteiger partial charge in [0.15, 0.2) is 5.69 Å². The van der Waals surface area contributed by atoms with Gasteiger partial charge < -0.3 is 20.7 Å². The molecule has 1 fully saturated rings. The van der Waals surface area contributed by atoms with Crippen LogP contribution in [0.3, 0.4) is 0 Å². The zero-order valence-electron chi connectivity index (χ0n) is 12.8. The van der Waals surface area contributed by atoms with Crippen LogP contribution in [0.1, 0.15) is 10.5 Å². The highest BCUT2D eigenvalue weighted by atomic mass is 16.5. The molecule has 2 rings (SSSR count). The summed E-state index contributed by atoms with van der Waals surface area (Å²) in [5.74, 6) is 0.0621. The topological polar surface area (TPSA) is 83.7 Å². The van der Waals surface area contributed by atoms with Crippen LogP contribution < -0.4 is 11.1 Å². The van der Waals surface area contributed by atoms with Crippen molar-refractivity contribution in [1.29, 1.82) is 0 Å². The van der Waals surface area contributed by atoms with Crippen molar-refractivity contribution in [2.24, 2.45) is 0 Å². The molecule has 1 aromatic rings. The van der Waals surface area contributed by atoms with Crippen molar-refractivity contribution in [3.8, 4) is 0 Å². The standard InChI is InChI=1S/C14H23N5O2/c1-18-6-7-19(2)10(9-18)8-16-13-11(15)4-5-12(17-13)14(20)21-3/h4-5,10H,6-9,15H2,1-3H3,(H,16,17). The predicted molar refractivity (Wildman–Crippen MR) is 82.4 cm³/mol. The summed E-state index contributed by atoms with van der Waals surface area (Å²) >= 11 is 0. The molecule has 0 amide bonds. The molecular weight excluding hydrogens is 270 g/mol. The van der Waals surface area contributed by atoms with Crippen molar-refractivity contribution in [3.63, 3.8) is 0 Å². The molecule has 2 heterocycles. The van der Waals surface area contributed by atoms with Crippen LogP contribution >= 0.6 is 0 Å². The summed E-state index contributed by atoms with van der Waals surface area (Å²) in [7, 11) is 5.56. The predicted octanol–water partition coefficient (Wildman–Crippen LogP) is 0.108. The number of carbonyl (C=O) groups excluding carboxylic acids is 1. The van der Waals surface area contributed by atoms with Crippen molar-refractivity contribution in [3.05, 3.63) is 17.8 Å². The van der Waals surface area contributed by atoms with Crippen LogP contribution in [0.2, 0.25) is 0 Å². The molecule has 0 spiro atoms. The third-order valence-corrected chi connectivity index (χ3v) is 3.81. The number of nitrogens with one attached hydrogen (secondary N) is 1. The molecule has 0 bridgehead atoms. The second-order valence-corrected chi connectivity index (χ2v) is 5.40. The number of ether oxygens (including phenoxy) is 1. The average molecular weight is 293 g/mol. The fourth-order valence-corrected chi connectivity index (χ4v) is 2.37. The van der Waals surface area contributed by atoms with E-state index in [0.717, 1.165) is 26.2 Å². The van der Waals surface area contributed by atoms with Crippen molar-refractivity contribution < 1.29 is 9.53 Å². The molecular formula is C14H23N5O2. The quantitative estimate of drug-likeness (QED) is 0.762. The van der Waals surface area contributed by atoms with Gasteiger partial charge in [-0.15, -0.1) is 0 Å². The molecule has 1 aliphatic rings. The molecule has 1 saturated heterocycles. The lowest BCUT2D eigenvalue weighted by Gasteiger charge is -2.37. The summed E-state index contributed by atoms with van der Waals surface area (Å²) in [6.07, 6.45) is 0. The second-order valence-electron chi connectivity index (χ2n) is 5.40. The lowest BCUT2D eigenvalue weighted by molar-refractivity contribution is 0.0594. The molecule has 0 aliphatic carbocycles. The van der Waals surface area contributed by atoms with Gasteiger partial charge in [-0.1, -0.05) is 0 Å². The Hall–Kier alpha value is -1.86. The van der Waals surface area contributed by atoms with Gasteiger partial charge in [0.2, 0.25) is 0 Å². The minimum atomic E-state index is -0.465. The second kappa shape index (κ2) is 6.73. The van der Waals surface area contributed by atoms with Gasteiger partial charge >= 0.3 is 5.97 Å². The third-order valence-electron chi connectivity index (χ3n) is 3.81. The van der Waals surface area contributed by atoms with Crippen LogP contribution in [0, 0.1) is 0 Å². The number of carbonyl (C=O) groups is 1. The van der Waals surface area contributed by atoms with E-state index in [0.29, 0.717) is 17.5 Å². The Kier molecular flexibility index (Phi) is 4.98. The molecule has 1 unspecified atom stereocenters.